The van der Waals surface area contributed by atoms with Crippen LogP contribution in [0.4, 0.5) is 0 Å². The van der Waals surface area contributed by atoms with Gasteiger partial charge < -0.3 is 4.74 Å². The van der Waals surface area contributed by atoms with Gasteiger partial charge in [-0.1, -0.05) is 165 Å². The Labute approximate surface area is 294 Å². The Morgan fingerprint density at radius 2 is 0.860 bits per heavy atom. The molecule has 1 heteroatoms. The quantitative estimate of drug-likeness (QED) is 0.186. The van der Waals surface area contributed by atoms with Gasteiger partial charge in [0.25, 0.3) is 0 Å². The molecular weight excluding hydrogens is 605 g/mol. The van der Waals surface area contributed by atoms with Crippen molar-refractivity contribution >= 4 is 0 Å². The van der Waals surface area contributed by atoms with E-state index in [0.29, 0.717) is 0 Å². The van der Waals surface area contributed by atoms with Crippen molar-refractivity contribution in [1.29, 1.82) is 0 Å². The molecule has 0 bridgehead atoms. The average Bonchev–Trinajstić information content (AvgIpc) is 3.45. The van der Waals surface area contributed by atoms with E-state index in [2.05, 4.69) is 170 Å². The molecule has 1 saturated carbocycles. The van der Waals surface area contributed by atoms with Gasteiger partial charge in [-0.3, -0.25) is 0 Å². The summed E-state index contributed by atoms with van der Waals surface area (Å²) in [6, 6.07) is 62.7. The number of para-hydroxylation sites is 1. The summed E-state index contributed by atoms with van der Waals surface area (Å²) >= 11 is 0. The number of rotatable bonds is 4. The summed E-state index contributed by atoms with van der Waals surface area (Å²) in [6.07, 6.45) is 6.38. The van der Waals surface area contributed by atoms with Crippen LogP contribution in [-0.2, 0) is 10.8 Å². The van der Waals surface area contributed by atoms with Gasteiger partial charge in [0.15, 0.2) is 0 Å². The Morgan fingerprint density at radius 1 is 0.360 bits per heavy atom. The summed E-state index contributed by atoms with van der Waals surface area (Å²) in [5, 5.41) is 0. The van der Waals surface area contributed by atoms with Crippen LogP contribution in [0.25, 0.3) is 33.4 Å². The highest BCUT2D eigenvalue weighted by Gasteiger charge is 2.46. The molecule has 3 aliphatic rings. The first-order valence-corrected chi connectivity index (χ1v) is 18.1. The lowest BCUT2D eigenvalue weighted by Crippen LogP contribution is -2.34. The molecule has 7 aromatic rings. The molecule has 0 N–H and O–H groups in total. The predicted octanol–water partition coefficient (Wildman–Crippen LogP) is 12.7. The van der Waals surface area contributed by atoms with Crippen molar-refractivity contribution in [2.75, 3.05) is 0 Å². The van der Waals surface area contributed by atoms with Crippen LogP contribution in [0.2, 0.25) is 0 Å². The molecule has 1 nitrogen and oxygen atoms in total. The highest BCUT2D eigenvalue weighted by Crippen LogP contribution is 2.58. The molecule has 0 aromatic heterocycles. The highest BCUT2D eigenvalue weighted by atomic mass is 16.5. The number of hydrogen-bond donors (Lipinski definition) is 0. The third-order valence-electron chi connectivity index (χ3n) is 11.8. The molecule has 1 spiro atoms. The third kappa shape index (κ3) is 4.19. The molecule has 1 heterocycles. The van der Waals surface area contributed by atoms with Gasteiger partial charge in [0.1, 0.15) is 11.5 Å². The van der Waals surface area contributed by atoms with E-state index in [9.17, 15) is 0 Å². The molecule has 0 radical (unpaired) electrons. The van der Waals surface area contributed by atoms with E-state index in [-0.39, 0.29) is 5.41 Å². The van der Waals surface area contributed by atoms with Crippen LogP contribution >= 0.6 is 0 Å². The van der Waals surface area contributed by atoms with E-state index in [4.69, 9.17) is 4.74 Å². The molecule has 1 fully saturated rings. The van der Waals surface area contributed by atoms with Gasteiger partial charge in [-0.05, 0) is 92.7 Å². The van der Waals surface area contributed by atoms with Crippen molar-refractivity contribution < 1.29 is 4.74 Å². The minimum absolute atomic E-state index is 0.122. The fourth-order valence-corrected chi connectivity index (χ4v) is 9.68. The lowest BCUT2D eigenvalue weighted by molar-refractivity contribution is 0.353. The fourth-order valence-electron chi connectivity index (χ4n) is 9.68. The van der Waals surface area contributed by atoms with E-state index < -0.39 is 5.41 Å². The smallest absolute Gasteiger partial charge is 0.132 e. The van der Waals surface area contributed by atoms with Crippen molar-refractivity contribution in [3.63, 3.8) is 0 Å². The Bertz CT molecular complexity index is 2340. The SMILES string of the molecule is c1ccc(C2(c3ccccc3)c3ccccc3Oc3ccc(-c4ccccc4-c4ccc5c(c4)C4(CCCCC4)c4ccccc4-5)cc32)cc1. The van der Waals surface area contributed by atoms with Crippen LogP contribution in [0.3, 0.4) is 0 Å². The van der Waals surface area contributed by atoms with Gasteiger partial charge in [0.2, 0.25) is 0 Å². The van der Waals surface area contributed by atoms with Crippen molar-refractivity contribution in [3.8, 4) is 44.9 Å². The second kappa shape index (κ2) is 11.5. The van der Waals surface area contributed by atoms with Gasteiger partial charge in [-0.15, -0.1) is 0 Å². The highest BCUT2D eigenvalue weighted by molar-refractivity contribution is 5.89. The Hall–Kier alpha value is -5.66. The van der Waals surface area contributed by atoms with E-state index in [1.54, 1.807) is 0 Å². The third-order valence-corrected chi connectivity index (χ3v) is 11.8. The topological polar surface area (TPSA) is 9.23 Å². The van der Waals surface area contributed by atoms with E-state index in [0.717, 1.165) is 22.6 Å². The van der Waals surface area contributed by atoms with Gasteiger partial charge >= 0.3 is 0 Å². The molecule has 1 aliphatic heterocycles. The predicted molar refractivity (Wildman–Crippen MR) is 205 cm³/mol. The molecular formula is C49H38O. The zero-order chi connectivity index (χ0) is 33.1. The molecule has 50 heavy (non-hydrogen) atoms. The number of ether oxygens (including phenoxy) is 1. The van der Waals surface area contributed by atoms with E-state index in [1.165, 1.54) is 87.7 Å². The largest absolute Gasteiger partial charge is 0.457 e. The van der Waals surface area contributed by atoms with Crippen LogP contribution in [0.1, 0.15) is 65.5 Å². The molecule has 0 unspecified atom stereocenters. The van der Waals surface area contributed by atoms with Crippen molar-refractivity contribution in [2.24, 2.45) is 0 Å². The van der Waals surface area contributed by atoms with Gasteiger partial charge in [0, 0.05) is 16.5 Å². The van der Waals surface area contributed by atoms with Gasteiger partial charge in [-0.2, -0.15) is 0 Å². The molecule has 10 rings (SSSR count). The van der Waals surface area contributed by atoms with Crippen molar-refractivity contribution in [1.82, 2.24) is 0 Å². The van der Waals surface area contributed by atoms with E-state index >= 15 is 0 Å². The van der Waals surface area contributed by atoms with E-state index in [1.807, 2.05) is 0 Å². The normalized spacial score (nSPS) is 16.1. The first kappa shape index (κ1) is 29.3. The lowest BCUT2D eigenvalue weighted by atomic mass is 9.63. The molecule has 240 valence electrons. The zero-order valence-corrected chi connectivity index (χ0v) is 28.1. The first-order chi connectivity index (χ1) is 24.8. The standard InChI is InChI=1S/C49H38O/c1-4-16-36(17-5-1)49(37-18-6-2-7-19-37)43-24-12-13-25-46(43)50-47-29-27-35(33-45(47)49)39-21-9-8-20-38(39)34-26-28-41-40-22-10-11-23-42(40)48(44(41)32-34)30-14-3-15-31-48/h1-2,4-13,16-29,32-33H,3,14-15,30-31H2. The maximum atomic E-state index is 6.73. The molecule has 7 aromatic carbocycles. The Balaban J connectivity index is 1.18. The van der Waals surface area contributed by atoms with Crippen LogP contribution in [0, 0.1) is 0 Å². The van der Waals surface area contributed by atoms with Crippen LogP contribution in [0.5, 0.6) is 11.5 Å². The van der Waals surface area contributed by atoms with Gasteiger partial charge in [-0.25, -0.2) is 0 Å². The summed E-state index contributed by atoms with van der Waals surface area (Å²) in [5.74, 6) is 1.80. The molecule has 0 saturated heterocycles. The minimum Gasteiger partial charge on any atom is -0.457 e. The second-order valence-corrected chi connectivity index (χ2v) is 14.3. The molecule has 0 atom stereocenters. The minimum atomic E-state index is -0.551. The zero-order valence-electron chi connectivity index (χ0n) is 28.1. The van der Waals surface area contributed by atoms with Crippen LogP contribution in [0.15, 0.2) is 170 Å². The van der Waals surface area contributed by atoms with Crippen LogP contribution in [-0.4, -0.2) is 0 Å². The van der Waals surface area contributed by atoms with Crippen molar-refractivity contribution in [3.05, 3.63) is 203 Å². The average molecular weight is 643 g/mol. The summed E-state index contributed by atoms with van der Waals surface area (Å²) < 4.78 is 6.73. The Kier molecular flexibility index (Phi) is 6.71. The number of fused-ring (bicyclic) bond motifs is 7. The van der Waals surface area contributed by atoms with Crippen LogP contribution < -0.4 is 4.74 Å². The second-order valence-electron chi connectivity index (χ2n) is 14.3. The summed E-state index contributed by atoms with van der Waals surface area (Å²) in [5.41, 5.74) is 15.2. The van der Waals surface area contributed by atoms with Gasteiger partial charge in [0.05, 0.1) is 5.41 Å². The maximum absolute atomic E-state index is 6.73. The molecule has 2 aliphatic carbocycles. The Morgan fingerprint density at radius 3 is 1.54 bits per heavy atom. The monoisotopic (exact) mass is 642 g/mol. The maximum Gasteiger partial charge on any atom is 0.132 e. The fraction of sp³-hybridized carbons (Fsp3) is 0.143. The first-order valence-electron chi connectivity index (χ1n) is 18.1. The number of benzene rings is 7. The number of hydrogen-bond acceptors (Lipinski definition) is 1. The lowest BCUT2D eigenvalue weighted by Gasteiger charge is -2.41. The summed E-state index contributed by atoms with van der Waals surface area (Å²) in [7, 11) is 0. The summed E-state index contributed by atoms with van der Waals surface area (Å²) in [4.78, 5) is 0. The molecule has 0 amide bonds. The van der Waals surface area contributed by atoms with Crippen molar-refractivity contribution in [2.45, 2.75) is 42.9 Å². The summed E-state index contributed by atoms with van der Waals surface area (Å²) in [6.45, 7) is 0.